The van der Waals surface area contributed by atoms with Gasteiger partial charge in [-0.3, -0.25) is 9.89 Å². The lowest BCUT2D eigenvalue weighted by atomic mass is 10.2. The van der Waals surface area contributed by atoms with Gasteiger partial charge < -0.3 is 5.32 Å². The molecule has 0 saturated heterocycles. The van der Waals surface area contributed by atoms with E-state index in [0.29, 0.717) is 23.3 Å². The Kier molecular flexibility index (Phi) is 6.74. The highest BCUT2D eigenvalue weighted by molar-refractivity contribution is 7.99. The number of carbonyl (C=O) groups excluding carboxylic acids is 1. The van der Waals surface area contributed by atoms with Gasteiger partial charge in [-0.2, -0.15) is 0 Å². The molecule has 0 bridgehead atoms. The normalized spacial score (nSPS) is 10.7. The van der Waals surface area contributed by atoms with Gasteiger partial charge in [0, 0.05) is 22.8 Å². The molecule has 0 atom stereocenters. The standard InChI is InChI=1S/C19H20N4OS2/c1-14-7-9-16(10-8-14)25-12-11-20-17(24)13-26-19-21-18(22-23-19)15-5-3-2-4-6-15/h2-10H,11-13H2,1H3,(H,20,24)(H,21,22,23). The van der Waals surface area contributed by atoms with E-state index in [4.69, 9.17) is 0 Å². The number of thioether (sulfide) groups is 2. The molecule has 134 valence electrons. The number of aryl methyl sites for hydroxylation is 1. The molecule has 2 aromatic carbocycles. The first kappa shape index (κ1) is 18.5. The van der Waals surface area contributed by atoms with Crippen LogP contribution in [-0.4, -0.2) is 39.1 Å². The molecular formula is C19H20N4OS2. The highest BCUT2D eigenvalue weighted by Crippen LogP contribution is 2.19. The van der Waals surface area contributed by atoms with E-state index in [9.17, 15) is 4.79 Å². The number of H-pyrrole nitrogens is 1. The molecule has 0 aliphatic rings. The Balaban J connectivity index is 1.36. The van der Waals surface area contributed by atoms with Crippen molar-refractivity contribution in [2.45, 2.75) is 17.0 Å². The van der Waals surface area contributed by atoms with E-state index >= 15 is 0 Å². The quantitative estimate of drug-likeness (QED) is 0.457. The highest BCUT2D eigenvalue weighted by Gasteiger charge is 2.08. The second kappa shape index (κ2) is 9.45. The monoisotopic (exact) mass is 384 g/mol. The minimum Gasteiger partial charge on any atom is -0.355 e. The summed E-state index contributed by atoms with van der Waals surface area (Å²) in [6.07, 6.45) is 0. The molecule has 1 heterocycles. The number of amides is 1. The molecule has 0 spiro atoms. The molecule has 0 unspecified atom stereocenters. The number of aromatic amines is 1. The molecular weight excluding hydrogens is 364 g/mol. The largest absolute Gasteiger partial charge is 0.355 e. The molecule has 0 radical (unpaired) electrons. The topological polar surface area (TPSA) is 70.7 Å². The summed E-state index contributed by atoms with van der Waals surface area (Å²) in [6, 6.07) is 18.2. The first-order valence-electron chi connectivity index (χ1n) is 8.27. The van der Waals surface area contributed by atoms with Crippen LogP contribution in [0.5, 0.6) is 0 Å². The van der Waals surface area contributed by atoms with Gasteiger partial charge in [-0.1, -0.05) is 59.8 Å². The van der Waals surface area contributed by atoms with Crippen molar-refractivity contribution in [2.24, 2.45) is 0 Å². The van der Waals surface area contributed by atoms with E-state index in [1.54, 1.807) is 11.8 Å². The Bertz CT molecular complexity index is 834. The Hall–Kier alpha value is -2.25. The molecule has 1 amide bonds. The zero-order chi connectivity index (χ0) is 18.2. The lowest BCUT2D eigenvalue weighted by Gasteiger charge is -2.04. The van der Waals surface area contributed by atoms with E-state index in [2.05, 4.69) is 51.7 Å². The first-order valence-corrected chi connectivity index (χ1v) is 10.2. The molecule has 5 nitrogen and oxygen atoms in total. The molecule has 3 aromatic rings. The van der Waals surface area contributed by atoms with Crippen LogP contribution in [0.4, 0.5) is 0 Å². The van der Waals surface area contributed by atoms with Crippen molar-refractivity contribution in [3.05, 3.63) is 60.2 Å². The lowest BCUT2D eigenvalue weighted by molar-refractivity contribution is -0.118. The maximum absolute atomic E-state index is 11.9. The molecule has 26 heavy (non-hydrogen) atoms. The third-order valence-electron chi connectivity index (χ3n) is 3.56. The van der Waals surface area contributed by atoms with Crippen molar-refractivity contribution in [1.82, 2.24) is 20.5 Å². The Labute approximate surface area is 161 Å². The Morgan fingerprint density at radius 3 is 2.62 bits per heavy atom. The van der Waals surface area contributed by atoms with Gasteiger partial charge in [0.05, 0.1) is 5.75 Å². The third kappa shape index (κ3) is 5.64. The third-order valence-corrected chi connectivity index (χ3v) is 5.42. The van der Waals surface area contributed by atoms with E-state index in [1.807, 2.05) is 30.3 Å². The van der Waals surface area contributed by atoms with Crippen LogP contribution in [0.25, 0.3) is 11.4 Å². The fraction of sp³-hybridized carbons (Fsp3) is 0.211. The molecule has 7 heteroatoms. The molecule has 0 fully saturated rings. The van der Waals surface area contributed by atoms with Gasteiger partial charge >= 0.3 is 0 Å². The average Bonchev–Trinajstić information content (AvgIpc) is 3.15. The second-order valence-electron chi connectivity index (χ2n) is 5.63. The van der Waals surface area contributed by atoms with Crippen molar-refractivity contribution < 1.29 is 4.79 Å². The minimum atomic E-state index is -0.00873. The number of aromatic nitrogens is 3. The fourth-order valence-electron chi connectivity index (χ4n) is 2.21. The SMILES string of the molecule is Cc1ccc(SCCNC(=O)CSc2n[nH]c(-c3ccccc3)n2)cc1. The van der Waals surface area contributed by atoms with Crippen LogP contribution < -0.4 is 5.32 Å². The summed E-state index contributed by atoms with van der Waals surface area (Å²) < 4.78 is 0. The van der Waals surface area contributed by atoms with Gasteiger partial charge in [0.1, 0.15) is 0 Å². The van der Waals surface area contributed by atoms with Crippen LogP contribution in [0.3, 0.4) is 0 Å². The van der Waals surface area contributed by atoms with Crippen molar-refractivity contribution in [2.75, 3.05) is 18.1 Å². The molecule has 1 aromatic heterocycles. The van der Waals surface area contributed by atoms with Crippen LogP contribution >= 0.6 is 23.5 Å². The van der Waals surface area contributed by atoms with Crippen LogP contribution in [0.1, 0.15) is 5.56 Å². The molecule has 0 saturated carbocycles. The number of nitrogens with zero attached hydrogens (tertiary/aromatic N) is 2. The van der Waals surface area contributed by atoms with E-state index in [0.717, 1.165) is 11.3 Å². The van der Waals surface area contributed by atoms with Gasteiger partial charge in [0.2, 0.25) is 11.1 Å². The first-order chi connectivity index (χ1) is 12.7. The van der Waals surface area contributed by atoms with E-state index < -0.39 is 0 Å². The number of carbonyl (C=O) groups is 1. The summed E-state index contributed by atoms with van der Waals surface area (Å²) in [6.45, 7) is 2.71. The predicted molar refractivity (Wildman–Crippen MR) is 107 cm³/mol. The van der Waals surface area contributed by atoms with Crippen molar-refractivity contribution in [3.8, 4) is 11.4 Å². The maximum atomic E-state index is 11.9. The summed E-state index contributed by atoms with van der Waals surface area (Å²) in [5.74, 6) is 1.85. The summed E-state index contributed by atoms with van der Waals surface area (Å²) in [4.78, 5) is 17.6. The van der Waals surface area contributed by atoms with E-state index in [1.165, 1.54) is 22.2 Å². The number of hydrogen-bond acceptors (Lipinski definition) is 5. The summed E-state index contributed by atoms with van der Waals surface area (Å²) >= 11 is 3.06. The summed E-state index contributed by atoms with van der Waals surface area (Å²) in [7, 11) is 0. The zero-order valence-corrected chi connectivity index (χ0v) is 16.1. The number of hydrogen-bond donors (Lipinski definition) is 2. The Morgan fingerprint density at radius 1 is 1.08 bits per heavy atom. The number of rotatable bonds is 8. The van der Waals surface area contributed by atoms with Crippen molar-refractivity contribution >= 4 is 29.4 Å². The molecule has 3 rings (SSSR count). The Morgan fingerprint density at radius 2 is 1.85 bits per heavy atom. The van der Waals surface area contributed by atoms with Crippen molar-refractivity contribution in [1.29, 1.82) is 0 Å². The summed E-state index contributed by atoms with van der Waals surface area (Å²) in [5, 5.41) is 10.6. The number of benzene rings is 2. The van der Waals surface area contributed by atoms with Gasteiger partial charge in [-0.25, -0.2) is 4.98 Å². The predicted octanol–water partition coefficient (Wildman–Crippen LogP) is 3.78. The highest BCUT2D eigenvalue weighted by atomic mass is 32.2. The van der Waals surface area contributed by atoms with Gasteiger partial charge in [0.15, 0.2) is 5.82 Å². The molecule has 0 aliphatic heterocycles. The molecule has 0 aliphatic carbocycles. The van der Waals surface area contributed by atoms with Crippen LogP contribution in [0.2, 0.25) is 0 Å². The maximum Gasteiger partial charge on any atom is 0.230 e. The number of nitrogens with one attached hydrogen (secondary N) is 2. The van der Waals surface area contributed by atoms with Crippen LogP contribution in [-0.2, 0) is 4.79 Å². The average molecular weight is 385 g/mol. The van der Waals surface area contributed by atoms with Crippen LogP contribution in [0, 0.1) is 6.92 Å². The fourth-order valence-corrected chi connectivity index (χ4v) is 3.61. The van der Waals surface area contributed by atoms with Gasteiger partial charge in [-0.05, 0) is 19.1 Å². The summed E-state index contributed by atoms with van der Waals surface area (Å²) in [5.41, 5.74) is 2.23. The van der Waals surface area contributed by atoms with Gasteiger partial charge in [-0.15, -0.1) is 16.9 Å². The van der Waals surface area contributed by atoms with E-state index in [-0.39, 0.29) is 5.91 Å². The van der Waals surface area contributed by atoms with Crippen LogP contribution in [0.15, 0.2) is 64.6 Å². The minimum absolute atomic E-state index is 0.00873. The lowest BCUT2D eigenvalue weighted by Crippen LogP contribution is -2.27. The zero-order valence-electron chi connectivity index (χ0n) is 14.4. The second-order valence-corrected chi connectivity index (χ2v) is 7.74. The van der Waals surface area contributed by atoms with Crippen molar-refractivity contribution in [3.63, 3.8) is 0 Å². The van der Waals surface area contributed by atoms with Gasteiger partial charge in [0.25, 0.3) is 0 Å². The molecule has 2 N–H and O–H groups in total. The smallest absolute Gasteiger partial charge is 0.230 e.